The Kier molecular flexibility index (Phi) is 5.63. The van der Waals surface area contributed by atoms with Crippen LogP contribution in [0.25, 0.3) is 0 Å². The van der Waals surface area contributed by atoms with Gasteiger partial charge in [-0.2, -0.15) is 0 Å². The van der Waals surface area contributed by atoms with E-state index in [1.165, 1.54) is 21.2 Å². The van der Waals surface area contributed by atoms with Gasteiger partial charge in [0, 0.05) is 0 Å². The zero-order valence-electron chi connectivity index (χ0n) is 14.4. The van der Waals surface area contributed by atoms with E-state index in [0.717, 1.165) is 0 Å². The highest BCUT2D eigenvalue weighted by molar-refractivity contribution is 8.01. The molecule has 2 heteroatoms. The lowest BCUT2D eigenvalue weighted by molar-refractivity contribution is 0.824. The van der Waals surface area contributed by atoms with Crippen LogP contribution in [0.4, 0.5) is 0 Å². The second-order valence-corrected chi connectivity index (χ2v) is 9.42. The smallest absolute Gasteiger partial charge is 0.144 e. The molecule has 0 saturated carbocycles. The Morgan fingerprint density at radius 1 is 0.308 bits per heavy atom. The molecule has 0 fully saturated rings. The third-order valence-corrected chi connectivity index (χ3v) is 8.86. The maximum Gasteiger partial charge on any atom is 0.144 e. The van der Waals surface area contributed by atoms with Gasteiger partial charge in [-0.3, -0.25) is 0 Å². The Labute approximate surface area is 155 Å². The van der Waals surface area contributed by atoms with Gasteiger partial charge in [0.2, 0.25) is 0 Å². The van der Waals surface area contributed by atoms with Crippen LogP contribution >= 0.6 is 7.26 Å². The zero-order chi connectivity index (χ0) is 17.0. The van der Waals surface area contributed by atoms with Crippen molar-refractivity contribution in [3.05, 3.63) is 121 Å². The molecule has 0 aliphatic rings. The summed E-state index contributed by atoms with van der Waals surface area (Å²) in [4.78, 5) is 0. The van der Waals surface area contributed by atoms with Crippen molar-refractivity contribution >= 4 is 28.5 Å². The molecule has 0 aliphatic heterocycles. The molecular weight excluding hydrogens is 335 g/mol. The summed E-state index contributed by atoms with van der Waals surface area (Å²) < 4.78 is 0. The molecule has 4 aromatic rings. The largest absolute Gasteiger partial charge is 0.870 e. The number of benzene rings is 4. The van der Waals surface area contributed by atoms with E-state index in [-0.39, 0.29) is 5.48 Å². The van der Waals surface area contributed by atoms with Crippen LogP contribution in [-0.4, -0.2) is 5.48 Å². The summed E-state index contributed by atoms with van der Waals surface area (Å²) >= 11 is 0. The lowest BCUT2D eigenvalue weighted by Gasteiger charge is -2.27. The molecular formula is C24H21OP. The van der Waals surface area contributed by atoms with Crippen LogP contribution < -0.4 is 21.2 Å². The molecule has 1 nitrogen and oxygen atoms in total. The monoisotopic (exact) mass is 356 g/mol. The van der Waals surface area contributed by atoms with Crippen LogP contribution in [0.1, 0.15) is 0 Å². The van der Waals surface area contributed by atoms with Crippen molar-refractivity contribution in [1.29, 1.82) is 0 Å². The number of hydrogen-bond donors (Lipinski definition) is 0. The predicted molar refractivity (Wildman–Crippen MR) is 113 cm³/mol. The first-order valence-electron chi connectivity index (χ1n) is 8.54. The summed E-state index contributed by atoms with van der Waals surface area (Å²) in [5.74, 6) is 0. The molecule has 0 bridgehead atoms. The van der Waals surface area contributed by atoms with E-state index in [1.54, 1.807) is 0 Å². The van der Waals surface area contributed by atoms with Crippen molar-refractivity contribution in [2.75, 3.05) is 0 Å². The van der Waals surface area contributed by atoms with Crippen molar-refractivity contribution in [2.24, 2.45) is 0 Å². The Morgan fingerprint density at radius 2 is 0.500 bits per heavy atom. The fraction of sp³-hybridized carbons (Fsp3) is 0. The molecule has 0 amide bonds. The van der Waals surface area contributed by atoms with Crippen LogP contribution in [0, 0.1) is 0 Å². The van der Waals surface area contributed by atoms with Gasteiger partial charge >= 0.3 is 0 Å². The molecule has 26 heavy (non-hydrogen) atoms. The van der Waals surface area contributed by atoms with Crippen molar-refractivity contribution in [3.8, 4) is 0 Å². The van der Waals surface area contributed by atoms with E-state index >= 15 is 0 Å². The molecule has 0 heterocycles. The highest BCUT2D eigenvalue weighted by Gasteiger charge is 2.47. The molecule has 0 saturated heterocycles. The standard InChI is InChI=1S/C24H20P.H2O/c1-5-13-21(14-6-1)25(22-15-7-2-8-16-22,23-17-9-3-10-18-23)24-19-11-4-12-20-24;/h1-20H;1H2/q+1;/p-1. The Balaban J connectivity index is 0.00000196. The SMILES string of the molecule is [OH-].c1ccc([P+](c2ccccc2)(c2ccccc2)c2ccccc2)cc1. The summed E-state index contributed by atoms with van der Waals surface area (Å²) in [6.45, 7) is 0. The fourth-order valence-electron chi connectivity index (χ4n) is 3.50. The number of rotatable bonds is 4. The van der Waals surface area contributed by atoms with E-state index < -0.39 is 7.26 Å². The highest BCUT2D eigenvalue weighted by atomic mass is 31.2. The molecule has 0 spiro atoms. The van der Waals surface area contributed by atoms with Gasteiger partial charge in [0.25, 0.3) is 0 Å². The second-order valence-electron chi connectivity index (χ2n) is 6.01. The van der Waals surface area contributed by atoms with E-state index in [4.69, 9.17) is 0 Å². The van der Waals surface area contributed by atoms with Gasteiger partial charge in [0.05, 0.1) is 0 Å². The van der Waals surface area contributed by atoms with Gasteiger partial charge in [-0.1, -0.05) is 72.8 Å². The molecule has 1 N–H and O–H groups in total. The summed E-state index contributed by atoms with van der Waals surface area (Å²) in [6.07, 6.45) is 0. The minimum atomic E-state index is -1.91. The molecule has 0 aromatic heterocycles. The first-order valence-corrected chi connectivity index (χ1v) is 10.3. The van der Waals surface area contributed by atoms with Crippen molar-refractivity contribution in [3.63, 3.8) is 0 Å². The first-order chi connectivity index (χ1) is 12.4. The van der Waals surface area contributed by atoms with Gasteiger partial charge in [-0.05, 0) is 48.5 Å². The van der Waals surface area contributed by atoms with Gasteiger partial charge in [0.15, 0.2) is 0 Å². The van der Waals surface area contributed by atoms with Gasteiger partial charge in [0.1, 0.15) is 28.5 Å². The quantitative estimate of drug-likeness (QED) is 0.506. The summed E-state index contributed by atoms with van der Waals surface area (Å²) in [5.41, 5.74) is 0. The van der Waals surface area contributed by atoms with Crippen molar-refractivity contribution in [2.45, 2.75) is 0 Å². The fourth-order valence-corrected chi connectivity index (χ4v) is 7.77. The normalized spacial score (nSPS) is 10.8. The second kappa shape index (κ2) is 8.10. The van der Waals surface area contributed by atoms with Crippen LogP contribution in [0.3, 0.4) is 0 Å². The van der Waals surface area contributed by atoms with E-state index in [0.29, 0.717) is 0 Å². The van der Waals surface area contributed by atoms with Crippen molar-refractivity contribution < 1.29 is 5.48 Å². The molecule has 0 unspecified atom stereocenters. The topological polar surface area (TPSA) is 30.0 Å². The first kappa shape index (κ1) is 18.1. The molecule has 0 atom stereocenters. The van der Waals surface area contributed by atoms with E-state index in [2.05, 4.69) is 121 Å². The van der Waals surface area contributed by atoms with Gasteiger partial charge in [-0.25, -0.2) is 0 Å². The zero-order valence-corrected chi connectivity index (χ0v) is 15.3. The summed E-state index contributed by atoms with van der Waals surface area (Å²) in [5, 5.41) is 5.55. The van der Waals surface area contributed by atoms with Gasteiger partial charge in [-0.15, -0.1) is 0 Å². The Bertz CT molecular complexity index is 759. The number of hydrogen-bond acceptors (Lipinski definition) is 1. The predicted octanol–water partition coefficient (Wildman–Crippen LogP) is 4.13. The average molecular weight is 356 g/mol. The lowest BCUT2D eigenvalue weighted by Crippen LogP contribution is -2.38. The summed E-state index contributed by atoms with van der Waals surface area (Å²) in [6, 6.07) is 43.8. The van der Waals surface area contributed by atoms with E-state index in [1.807, 2.05) is 0 Å². The molecule has 128 valence electrons. The average Bonchev–Trinajstić information content (AvgIpc) is 2.72. The maximum atomic E-state index is 2.28. The van der Waals surface area contributed by atoms with Crippen LogP contribution in [0.15, 0.2) is 121 Å². The van der Waals surface area contributed by atoms with Gasteiger partial charge < -0.3 is 5.48 Å². The Hall–Kier alpha value is -2.73. The van der Waals surface area contributed by atoms with Crippen LogP contribution in [-0.2, 0) is 0 Å². The molecule has 4 rings (SSSR count). The highest BCUT2D eigenvalue weighted by Crippen LogP contribution is 2.53. The lowest BCUT2D eigenvalue weighted by atomic mass is 10.3. The van der Waals surface area contributed by atoms with Crippen molar-refractivity contribution in [1.82, 2.24) is 0 Å². The minimum Gasteiger partial charge on any atom is -0.870 e. The van der Waals surface area contributed by atoms with Crippen LogP contribution in [0.2, 0.25) is 0 Å². The maximum absolute atomic E-state index is 2.28. The molecule has 0 radical (unpaired) electrons. The molecule has 0 aliphatic carbocycles. The third-order valence-electron chi connectivity index (χ3n) is 4.57. The van der Waals surface area contributed by atoms with E-state index in [9.17, 15) is 0 Å². The summed E-state index contributed by atoms with van der Waals surface area (Å²) in [7, 11) is -1.91. The van der Waals surface area contributed by atoms with Crippen LogP contribution in [0.5, 0.6) is 0 Å². The Morgan fingerprint density at radius 3 is 0.692 bits per heavy atom. The minimum absolute atomic E-state index is 0. The third kappa shape index (κ3) is 3.08. The molecule has 4 aromatic carbocycles.